The number of hydrogen-bond acceptors (Lipinski definition) is 3. The Morgan fingerprint density at radius 1 is 1.17 bits per heavy atom. The van der Waals surface area contributed by atoms with Crippen molar-refractivity contribution >= 4 is 12.0 Å². The summed E-state index contributed by atoms with van der Waals surface area (Å²) < 4.78 is 4.63. The molecule has 1 aliphatic carbocycles. The largest absolute Gasteiger partial charge is 0.449 e. The molecule has 0 heterocycles. The van der Waals surface area contributed by atoms with Gasteiger partial charge in [-0.25, -0.2) is 10.2 Å². The number of nitrogens with one attached hydrogen (secondary N) is 2. The molecule has 2 amide bonds. The third-order valence-corrected chi connectivity index (χ3v) is 3.32. The number of carbonyl (C=O) groups is 2. The van der Waals surface area contributed by atoms with Crippen LogP contribution in [0.4, 0.5) is 4.79 Å². The molecule has 0 radical (unpaired) electrons. The highest BCUT2D eigenvalue weighted by Gasteiger charge is 2.13. The molecule has 0 aromatic heterocycles. The van der Waals surface area contributed by atoms with Gasteiger partial charge in [0, 0.05) is 6.42 Å². The first-order valence-corrected chi connectivity index (χ1v) is 6.94. The molecule has 0 bridgehead atoms. The monoisotopic (exact) mass is 256 g/mol. The van der Waals surface area contributed by atoms with E-state index in [1.54, 1.807) is 6.92 Å². The topological polar surface area (TPSA) is 67.4 Å². The number of carbonyl (C=O) groups excluding carboxylic acids is 2. The van der Waals surface area contributed by atoms with Gasteiger partial charge in [-0.15, -0.1) is 0 Å². The van der Waals surface area contributed by atoms with Gasteiger partial charge in [0.15, 0.2) is 0 Å². The van der Waals surface area contributed by atoms with Crippen molar-refractivity contribution in [3.63, 3.8) is 0 Å². The van der Waals surface area contributed by atoms with Crippen molar-refractivity contribution in [2.75, 3.05) is 6.61 Å². The fraction of sp³-hybridized carbons (Fsp3) is 0.846. The van der Waals surface area contributed by atoms with Crippen LogP contribution in [0.2, 0.25) is 0 Å². The summed E-state index contributed by atoms with van der Waals surface area (Å²) in [4.78, 5) is 22.3. The third kappa shape index (κ3) is 6.47. The zero-order valence-corrected chi connectivity index (χ0v) is 11.2. The summed E-state index contributed by atoms with van der Waals surface area (Å²) in [6.45, 7) is 2.01. The Bertz CT molecular complexity index is 263. The lowest BCUT2D eigenvalue weighted by molar-refractivity contribution is -0.122. The highest BCUT2D eigenvalue weighted by molar-refractivity contribution is 5.78. The fourth-order valence-electron chi connectivity index (χ4n) is 2.38. The first kappa shape index (κ1) is 14.8. The van der Waals surface area contributed by atoms with E-state index >= 15 is 0 Å². The smallest absolute Gasteiger partial charge is 0.426 e. The lowest BCUT2D eigenvalue weighted by Crippen LogP contribution is -2.41. The first-order chi connectivity index (χ1) is 8.72. The second-order valence-electron chi connectivity index (χ2n) is 4.79. The highest BCUT2D eigenvalue weighted by Crippen LogP contribution is 2.27. The minimum absolute atomic E-state index is 0.154. The molecule has 5 nitrogen and oxygen atoms in total. The predicted octanol–water partition coefficient (Wildman–Crippen LogP) is 2.51. The van der Waals surface area contributed by atoms with E-state index in [0.29, 0.717) is 13.0 Å². The summed E-state index contributed by atoms with van der Waals surface area (Å²) in [6, 6.07) is 0. The van der Waals surface area contributed by atoms with Gasteiger partial charge >= 0.3 is 6.09 Å². The average molecular weight is 256 g/mol. The van der Waals surface area contributed by atoms with Crippen molar-refractivity contribution < 1.29 is 14.3 Å². The van der Waals surface area contributed by atoms with Crippen molar-refractivity contribution in [2.45, 2.75) is 58.3 Å². The molecule has 1 rings (SSSR count). The molecular formula is C13H24N2O3. The van der Waals surface area contributed by atoms with E-state index in [1.165, 1.54) is 32.1 Å². The van der Waals surface area contributed by atoms with E-state index in [1.807, 2.05) is 0 Å². The average Bonchev–Trinajstić information content (AvgIpc) is 2.38. The van der Waals surface area contributed by atoms with Crippen molar-refractivity contribution in [3.05, 3.63) is 0 Å². The maximum Gasteiger partial charge on any atom is 0.426 e. The molecule has 0 saturated heterocycles. The summed E-state index contributed by atoms with van der Waals surface area (Å²) in [6.07, 6.45) is 8.50. The number of ether oxygens (including phenoxy) is 1. The van der Waals surface area contributed by atoms with Gasteiger partial charge in [0.2, 0.25) is 5.91 Å². The van der Waals surface area contributed by atoms with Gasteiger partial charge in [-0.2, -0.15) is 0 Å². The standard InChI is InChI=1S/C13H24N2O3/c1-2-18-13(17)15-14-12(16)10-6-9-11-7-4-3-5-8-11/h11H,2-10H2,1H3,(H,14,16)(H,15,17). The quantitative estimate of drug-likeness (QED) is 0.743. The number of hydrazine groups is 1. The van der Waals surface area contributed by atoms with Gasteiger partial charge in [-0.1, -0.05) is 32.1 Å². The lowest BCUT2D eigenvalue weighted by atomic mass is 9.86. The molecule has 0 spiro atoms. The Hall–Kier alpha value is -1.26. The van der Waals surface area contributed by atoms with Crippen LogP contribution in [0.3, 0.4) is 0 Å². The third-order valence-electron chi connectivity index (χ3n) is 3.32. The Kier molecular flexibility index (Phi) is 7.22. The van der Waals surface area contributed by atoms with Gasteiger partial charge < -0.3 is 4.74 Å². The zero-order valence-electron chi connectivity index (χ0n) is 11.2. The molecule has 0 aromatic carbocycles. The van der Waals surface area contributed by atoms with Crippen LogP contribution in [0, 0.1) is 5.92 Å². The Labute approximate surface area is 109 Å². The minimum Gasteiger partial charge on any atom is -0.449 e. The Morgan fingerprint density at radius 2 is 1.89 bits per heavy atom. The summed E-state index contributed by atoms with van der Waals surface area (Å²) in [5.74, 6) is 0.642. The van der Waals surface area contributed by atoms with Crippen LogP contribution in [0.5, 0.6) is 0 Å². The van der Waals surface area contributed by atoms with Crippen LogP contribution in [-0.4, -0.2) is 18.6 Å². The molecule has 0 aliphatic heterocycles. The van der Waals surface area contributed by atoms with Crippen molar-refractivity contribution in [1.82, 2.24) is 10.9 Å². The number of amides is 2. The number of rotatable bonds is 5. The van der Waals surface area contributed by atoms with Gasteiger partial charge in [0.05, 0.1) is 6.61 Å². The molecule has 1 aliphatic rings. The predicted molar refractivity (Wildman–Crippen MR) is 68.7 cm³/mol. The first-order valence-electron chi connectivity index (χ1n) is 6.94. The van der Waals surface area contributed by atoms with Crippen molar-refractivity contribution in [2.24, 2.45) is 5.92 Å². The van der Waals surface area contributed by atoms with Crippen LogP contribution in [-0.2, 0) is 9.53 Å². The van der Waals surface area contributed by atoms with Gasteiger partial charge in [0.1, 0.15) is 0 Å². The maximum absolute atomic E-state index is 11.4. The molecule has 2 N–H and O–H groups in total. The zero-order chi connectivity index (χ0) is 13.2. The summed E-state index contributed by atoms with van der Waals surface area (Å²) in [5.41, 5.74) is 4.55. The van der Waals surface area contributed by atoms with E-state index in [-0.39, 0.29) is 5.91 Å². The molecule has 1 saturated carbocycles. The van der Waals surface area contributed by atoms with E-state index in [2.05, 4.69) is 15.6 Å². The highest BCUT2D eigenvalue weighted by atomic mass is 16.5. The second kappa shape index (κ2) is 8.78. The maximum atomic E-state index is 11.4. The molecule has 0 aromatic rings. The van der Waals surface area contributed by atoms with E-state index in [4.69, 9.17) is 0 Å². The van der Waals surface area contributed by atoms with E-state index < -0.39 is 6.09 Å². The van der Waals surface area contributed by atoms with Crippen LogP contribution >= 0.6 is 0 Å². The summed E-state index contributed by atoms with van der Waals surface area (Å²) in [7, 11) is 0. The van der Waals surface area contributed by atoms with E-state index in [9.17, 15) is 9.59 Å². The molecule has 0 unspecified atom stereocenters. The fourth-order valence-corrected chi connectivity index (χ4v) is 2.38. The number of hydrogen-bond donors (Lipinski definition) is 2. The molecule has 0 atom stereocenters. The van der Waals surface area contributed by atoms with Crippen LogP contribution in [0.1, 0.15) is 58.3 Å². The summed E-state index contributed by atoms with van der Waals surface area (Å²) in [5, 5.41) is 0. The van der Waals surface area contributed by atoms with Gasteiger partial charge in [-0.3, -0.25) is 10.2 Å². The van der Waals surface area contributed by atoms with Crippen molar-refractivity contribution in [1.29, 1.82) is 0 Å². The molecule has 104 valence electrons. The lowest BCUT2D eigenvalue weighted by Gasteiger charge is -2.21. The van der Waals surface area contributed by atoms with Crippen molar-refractivity contribution in [3.8, 4) is 0 Å². The van der Waals surface area contributed by atoms with Crippen LogP contribution < -0.4 is 10.9 Å². The van der Waals surface area contributed by atoms with Crippen LogP contribution in [0.15, 0.2) is 0 Å². The minimum atomic E-state index is -0.613. The SMILES string of the molecule is CCOC(=O)NNC(=O)CCCC1CCCCC1. The molecule has 1 fully saturated rings. The van der Waals surface area contributed by atoms with Gasteiger partial charge in [0.25, 0.3) is 0 Å². The molecular weight excluding hydrogens is 232 g/mol. The van der Waals surface area contributed by atoms with Gasteiger partial charge in [-0.05, 0) is 25.7 Å². The molecule has 18 heavy (non-hydrogen) atoms. The second-order valence-corrected chi connectivity index (χ2v) is 4.79. The Balaban J connectivity index is 2.00. The normalized spacial score (nSPS) is 16.1. The molecule has 5 heteroatoms. The van der Waals surface area contributed by atoms with Crippen LogP contribution in [0.25, 0.3) is 0 Å². The summed E-state index contributed by atoms with van der Waals surface area (Å²) >= 11 is 0. The van der Waals surface area contributed by atoms with E-state index in [0.717, 1.165) is 18.8 Å². The Morgan fingerprint density at radius 3 is 2.56 bits per heavy atom.